The molecule has 1 rings (SSSR count). The van der Waals surface area contributed by atoms with Crippen molar-refractivity contribution >= 4 is 5.91 Å². The highest BCUT2D eigenvalue weighted by Gasteiger charge is 2.44. The molecule has 1 fully saturated rings. The van der Waals surface area contributed by atoms with Gasteiger partial charge in [-0.3, -0.25) is 4.79 Å². The third-order valence-corrected chi connectivity index (χ3v) is 10.5. The summed E-state index contributed by atoms with van der Waals surface area (Å²) in [5.74, 6) is -0.616. The standard InChI is InChI=1S/C42H81NO9/c1-3-5-7-9-11-13-15-16-17-18-19-21-23-25-27-29-31-36(46)41(50)43-34(33-51-42-40(49)39(48)38(47)37(32-44)52-42)35(45)30-28-26-24-22-20-14-12-10-8-6-4-2/h28,30,34-40,42,44-49H,3-27,29,31-33H2,1-2H3,(H,43,50)/b30-28+/t34-,35+,36?,37+,38+,39?,40?,42+/m0/s1. The lowest BCUT2D eigenvalue weighted by atomic mass is 9.99. The molecular formula is C42H81NO9. The number of aliphatic hydroxyl groups is 6. The third kappa shape index (κ3) is 23.6. The number of hydrogen-bond acceptors (Lipinski definition) is 9. The Bertz CT molecular complexity index is 844. The van der Waals surface area contributed by atoms with Gasteiger partial charge in [-0.15, -0.1) is 0 Å². The van der Waals surface area contributed by atoms with Gasteiger partial charge in [-0.05, 0) is 19.3 Å². The van der Waals surface area contributed by atoms with E-state index in [1.807, 2.05) is 6.08 Å². The summed E-state index contributed by atoms with van der Waals surface area (Å²) in [6.45, 7) is 3.58. The van der Waals surface area contributed by atoms with E-state index in [-0.39, 0.29) is 6.61 Å². The fourth-order valence-corrected chi connectivity index (χ4v) is 6.87. The molecule has 1 amide bonds. The Labute approximate surface area is 317 Å². The van der Waals surface area contributed by atoms with Gasteiger partial charge in [0.15, 0.2) is 6.29 Å². The summed E-state index contributed by atoms with van der Waals surface area (Å²) in [7, 11) is 0. The molecule has 308 valence electrons. The van der Waals surface area contributed by atoms with Crippen LogP contribution in [-0.2, 0) is 14.3 Å². The molecule has 0 aliphatic carbocycles. The zero-order valence-electron chi connectivity index (χ0n) is 33.2. The second-order valence-corrected chi connectivity index (χ2v) is 15.3. The molecule has 52 heavy (non-hydrogen) atoms. The molecule has 7 N–H and O–H groups in total. The summed E-state index contributed by atoms with van der Waals surface area (Å²) < 4.78 is 11.1. The van der Waals surface area contributed by atoms with Gasteiger partial charge in [-0.25, -0.2) is 0 Å². The van der Waals surface area contributed by atoms with Gasteiger partial charge in [-0.1, -0.05) is 180 Å². The SMILES string of the molecule is CCCCCCCCCCC/C=C/[C@@H](O)[C@H](CO[C@@H]1O[C@H](CO)[C@@H](O)C(O)C1O)NC(=O)C(O)CCCCCCCCCCCCCCCCCC. The van der Waals surface area contributed by atoms with Crippen molar-refractivity contribution in [1.82, 2.24) is 5.32 Å². The maximum atomic E-state index is 13.0. The van der Waals surface area contributed by atoms with E-state index in [2.05, 4.69) is 19.2 Å². The Morgan fingerprint density at radius 2 is 1.10 bits per heavy atom. The van der Waals surface area contributed by atoms with Crippen molar-refractivity contribution in [2.45, 2.75) is 236 Å². The molecule has 1 saturated heterocycles. The summed E-state index contributed by atoms with van der Waals surface area (Å²) in [5.41, 5.74) is 0. The van der Waals surface area contributed by atoms with Crippen LogP contribution in [0.3, 0.4) is 0 Å². The van der Waals surface area contributed by atoms with Crippen LogP contribution in [0.2, 0.25) is 0 Å². The number of unbranched alkanes of at least 4 members (excludes halogenated alkanes) is 24. The number of carbonyl (C=O) groups is 1. The minimum absolute atomic E-state index is 0.302. The lowest BCUT2D eigenvalue weighted by Gasteiger charge is -2.40. The van der Waals surface area contributed by atoms with Crippen molar-refractivity contribution in [2.75, 3.05) is 13.2 Å². The fourth-order valence-electron chi connectivity index (χ4n) is 6.87. The number of carbonyl (C=O) groups excluding carboxylic acids is 1. The van der Waals surface area contributed by atoms with Crippen molar-refractivity contribution in [2.24, 2.45) is 0 Å². The van der Waals surface area contributed by atoms with Crippen LogP contribution in [0, 0.1) is 0 Å². The van der Waals surface area contributed by atoms with E-state index in [1.165, 1.54) is 122 Å². The van der Waals surface area contributed by atoms with Gasteiger partial charge in [-0.2, -0.15) is 0 Å². The van der Waals surface area contributed by atoms with E-state index in [9.17, 15) is 35.4 Å². The maximum Gasteiger partial charge on any atom is 0.249 e. The second kappa shape index (κ2) is 33.2. The number of allylic oxidation sites excluding steroid dienone is 1. The Morgan fingerprint density at radius 3 is 1.56 bits per heavy atom. The summed E-state index contributed by atoms with van der Waals surface area (Å²) in [6.07, 6.45) is 25.8. The molecule has 10 heteroatoms. The predicted molar refractivity (Wildman–Crippen MR) is 209 cm³/mol. The van der Waals surface area contributed by atoms with Gasteiger partial charge in [0, 0.05) is 0 Å². The number of nitrogens with one attached hydrogen (secondary N) is 1. The first-order valence-corrected chi connectivity index (χ1v) is 21.5. The van der Waals surface area contributed by atoms with Gasteiger partial charge in [0.2, 0.25) is 5.91 Å². The Kier molecular flexibility index (Phi) is 31.3. The van der Waals surface area contributed by atoms with E-state index in [4.69, 9.17) is 9.47 Å². The lowest BCUT2D eigenvalue weighted by Crippen LogP contribution is -2.60. The Balaban J connectivity index is 2.43. The fraction of sp³-hybridized carbons (Fsp3) is 0.929. The number of hydrogen-bond donors (Lipinski definition) is 7. The van der Waals surface area contributed by atoms with Crippen molar-refractivity contribution in [1.29, 1.82) is 0 Å². The van der Waals surface area contributed by atoms with Crippen LogP contribution >= 0.6 is 0 Å². The molecular weight excluding hydrogens is 662 g/mol. The minimum atomic E-state index is -1.60. The van der Waals surface area contributed by atoms with Crippen LogP contribution in [0.4, 0.5) is 0 Å². The van der Waals surface area contributed by atoms with E-state index in [0.29, 0.717) is 6.42 Å². The molecule has 0 radical (unpaired) electrons. The molecule has 1 aliphatic rings. The maximum absolute atomic E-state index is 13.0. The number of amides is 1. The van der Waals surface area contributed by atoms with Gasteiger partial charge >= 0.3 is 0 Å². The van der Waals surface area contributed by atoms with Crippen molar-refractivity contribution in [3.63, 3.8) is 0 Å². The Hall–Kier alpha value is -1.11. The average molecular weight is 744 g/mol. The van der Waals surface area contributed by atoms with Gasteiger partial charge < -0.3 is 45.4 Å². The third-order valence-electron chi connectivity index (χ3n) is 10.5. The predicted octanol–water partition coefficient (Wildman–Crippen LogP) is 7.14. The van der Waals surface area contributed by atoms with E-state index in [1.54, 1.807) is 6.08 Å². The van der Waals surface area contributed by atoms with Crippen LogP contribution in [0.25, 0.3) is 0 Å². The van der Waals surface area contributed by atoms with Gasteiger partial charge in [0.1, 0.15) is 30.5 Å². The van der Waals surface area contributed by atoms with Crippen LogP contribution in [-0.4, -0.2) is 98.7 Å². The minimum Gasteiger partial charge on any atom is -0.394 e. The first kappa shape index (κ1) is 48.9. The van der Waals surface area contributed by atoms with Gasteiger partial charge in [0.25, 0.3) is 0 Å². The molecule has 0 aromatic heterocycles. The highest BCUT2D eigenvalue weighted by Crippen LogP contribution is 2.23. The van der Waals surface area contributed by atoms with Crippen molar-refractivity contribution < 1.29 is 44.9 Å². The first-order valence-electron chi connectivity index (χ1n) is 21.5. The largest absolute Gasteiger partial charge is 0.394 e. The molecule has 8 atom stereocenters. The lowest BCUT2D eigenvalue weighted by molar-refractivity contribution is -0.302. The van der Waals surface area contributed by atoms with Crippen LogP contribution < -0.4 is 5.32 Å². The summed E-state index contributed by atoms with van der Waals surface area (Å²) >= 11 is 0. The average Bonchev–Trinajstić information content (AvgIpc) is 3.14. The highest BCUT2D eigenvalue weighted by molar-refractivity contribution is 5.80. The molecule has 1 heterocycles. The second-order valence-electron chi connectivity index (χ2n) is 15.3. The number of rotatable bonds is 35. The smallest absolute Gasteiger partial charge is 0.249 e. The zero-order valence-corrected chi connectivity index (χ0v) is 33.2. The molecule has 0 bridgehead atoms. The molecule has 0 saturated carbocycles. The Morgan fingerprint density at radius 1 is 0.654 bits per heavy atom. The van der Waals surface area contributed by atoms with Crippen LogP contribution in [0.15, 0.2) is 12.2 Å². The monoisotopic (exact) mass is 744 g/mol. The van der Waals surface area contributed by atoms with E-state index < -0.39 is 61.5 Å². The normalized spacial score (nSPS) is 22.5. The summed E-state index contributed by atoms with van der Waals surface area (Å²) in [5, 5.41) is 64.4. The summed E-state index contributed by atoms with van der Waals surface area (Å²) in [6, 6.07) is -0.973. The summed E-state index contributed by atoms with van der Waals surface area (Å²) in [4.78, 5) is 13.0. The van der Waals surface area contributed by atoms with E-state index >= 15 is 0 Å². The quantitative estimate of drug-likeness (QED) is 0.0264. The molecule has 0 aromatic rings. The van der Waals surface area contributed by atoms with Gasteiger partial charge in [0.05, 0.1) is 25.4 Å². The molecule has 0 spiro atoms. The first-order chi connectivity index (χ1) is 25.3. The zero-order chi connectivity index (χ0) is 38.2. The van der Waals surface area contributed by atoms with Crippen molar-refractivity contribution in [3.8, 4) is 0 Å². The molecule has 10 nitrogen and oxygen atoms in total. The van der Waals surface area contributed by atoms with E-state index in [0.717, 1.165) is 44.9 Å². The molecule has 0 aromatic carbocycles. The molecule has 3 unspecified atom stereocenters. The van der Waals surface area contributed by atoms with Crippen LogP contribution in [0.1, 0.15) is 187 Å². The molecule has 1 aliphatic heterocycles. The number of ether oxygens (including phenoxy) is 2. The van der Waals surface area contributed by atoms with Crippen LogP contribution in [0.5, 0.6) is 0 Å². The topological polar surface area (TPSA) is 169 Å². The number of aliphatic hydroxyl groups excluding tert-OH is 6. The van der Waals surface area contributed by atoms with Crippen molar-refractivity contribution in [3.05, 3.63) is 12.2 Å². The highest BCUT2D eigenvalue weighted by atomic mass is 16.7.